The zero-order valence-corrected chi connectivity index (χ0v) is 25.1. The van der Waals surface area contributed by atoms with E-state index < -0.39 is 5.54 Å². The molecule has 0 saturated carbocycles. The molecule has 1 aromatic carbocycles. The van der Waals surface area contributed by atoms with E-state index in [-0.39, 0.29) is 23.4 Å². The van der Waals surface area contributed by atoms with Gasteiger partial charge in [0.05, 0.1) is 41.4 Å². The second-order valence-corrected chi connectivity index (χ2v) is 12.4. The van der Waals surface area contributed by atoms with E-state index in [2.05, 4.69) is 26.5 Å². The summed E-state index contributed by atoms with van der Waals surface area (Å²) in [5.74, 6) is -0.0874. The normalized spacial score (nSPS) is 18.2. The number of hydrogen-bond donors (Lipinski definition) is 2. The summed E-state index contributed by atoms with van der Waals surface area (Å²) >= 11 is 1.38. The highest BCUT2D eigenvalue weighted by Crippen LogP contribution is 2.30. The Morgan fingerprint density at radius 2 is 2.02 bits per heavy atom. The van der Waals surface area contributed by atoms with E-state index in [4.69, 9.17) is 9.72 Å². The molecule has 5 heterocycles. The largest absolute Gasteiger partial charge is 0.379 e. The van der Waals surface area contributed by atoms with Gasteiger partial charge in [-0.3, -0.25) is 24.9 Å². The monoisotopic (exact) mass is 598 g/mol. The number of ether oxygens (including phenoxy) is 1. The van der Waals surface area contributed by atoms with E-state index in [0.29, 0.717) is 37.1 Å². The Hall–Kier alpha value is -4.31. The summed E-state index contributed by atoms with van der Waals surface area (Å²) in [6.45, 7) is 7.85. The van der Waals surface area contributed by atoms with Crippen LogP contribution < -0.4 is 5.32 Å². The van der Waals surface area contributed by atoms with Crippen LogP contribution in [0.25, 0.3) is 21.5 Å². The molecule has 12 heteroatoms. The molecule has 2 aliphatic heterocycles. The molecule has 0 spiro atoms. The number of benzene rings is 1. The van der Waals surface area contributed by atoms with Crippen molar-refractivity contribution in [2.45, 2.75) is 44.8 Å². The molecule has 0 aliphatic carbocycles. The minimum Gasteiger partial charge on any atom is -0.379 e. The van der Waals surface area contributed by atoms with E-state index in [1.54, 1.807) is 29.4 Å². The third-order valence-electron chi connectivity index (χ3n) is 8.20. The van der Waals surface area contributed by atoms with Gasteiger partial charge >= 0.3 is 0 Å². The van der Waals surface area contributed by atoms with Crippen LogP contribution >= 0.6 is 11.3 Å². The molecule has 0 unspecified atom stereocenters. The molecule has 222 valence electrons. The maximum atomic E-state index is 13.8. The van der Waals surface area contributed by atoms with Crippen LogP contribution in [0.15, 0.2) is 60.4 Å². The Kier molecular flexibility index (Phi) is 8.12. The SMILES string of the molecule is CC(C)(/C=C(/C#N)C(=O)N1CCC[C@H]1Cn1c(NC(=O)c2ccc(-c3cn[nH]c3)s2)nc2ccccc21)N1CCOCC1. The second kappa shape index (κ2) is 12.1. The maximum Gasteiger partial charge on any atom is 0.268 e. The zero-order chi connectivity index (χ0) is 30.0. The lowest BCUT2D eigenvalue weighted by molar-refractivity contribution is -0.127. The van der Waals surface area contributed by atoms with Gasteiger partial charge in [0.15, 0.2) is 0 Å². The van der Waals surface area contributed by atoms with Crippen molar-refractivity contribution in [1.29, 1.82) is 5.26 Å². The number of hydrogen-bond acceptors (Lipinski definition) is 8. The van der Waals surface area contributed by atoms with Crippen molar-refractivity contribution in [3.05, 3.63) is 65.3 Å². The summed E-state index contributed by atoms with van der Waals surface area (Å²) in [6.07, 6.45) is 6.93. The van der Waals surface area contributed by atoms with Crippen molar-refractivity contribution < 1.29 is 14.3 Å². The number of para-hydroxylation sites is 2. The van der Waals surface area contributed by atoms with E-state index in [0.717, 1.165) is 47.4 Å². The standard InChI is InChI=1S/C31H34N8O3S/c1-31(2,37-12-14-42-15-13-37)16-21(17-32)29(41)38-11-5-6-23(38)20-39-25-8-4-3-7-24(25)35-30(39)36-28(40)27-10-9-26(43-27)22-18-33-34-19-22/h3-4,7-10,16,18-19,23H,5-6,11-15,20H2,1-2H3,(H,33,34)(H,35,36,40)/b21-16-/t23-/m0/s1. The van der Waals surface area contributed by atoms with Gasteiger partial charge in [0.25, 0.3) is 11.8 Å². The molecule has 1 atom stereocenters. The number of thiophene rings is 1. The first kappa shape index (κ1) is 28.8. The van der Waals surface area contributed by atoms with Gasteiger partial charge < -0.3 is 14.2 Å². The number of nitriles is 1. The number of carbonyl (C=O) groups is 2. The van der Waals surface area contributed by atoms with Crippen LogP contribution in [-0.4, -0.2) is 85.8 Å². The van der Waals surface area contributed by atoms with Crippen LogP contribution in [0, 0.1) is 11.3 Å². The third kappa shape index (κ3) is 5.97. The van der Waals surface area contributed by atoms with Crippen molar-refractivity contribution in [3.63, 3.8) is 0 Å². The van der Waals surface area contributed by atoms with Crippen LogP contribution in [0.3, 0.4) is 0 Å². The number of anilines is 1. The highest BCUT2D eigenvalue weighted by Gasteiger charge is 2.34. The van der Waals surface area contributed by atoms with Crippen LogP contribution in [0.1, 0.15) is 36.4 Å². The first-order chi connectivity index (χ1) is 20.8. The van der Waals surface area contributed by atoms with Crippen molar-refractivity contribution in [1.82, 2.24) is 29.5 Å². The van der Waals surface area contributed by atoms with Gasteiger partial charge in [-0.25, -0.2) is 4.98 Å². The molecule has 2 saturated heterocycles. The molecule has 2 N–H and O–H groups in total. The van der Waals surface area contributed by atoms with Gasteiger partial charge in [-0.05, 0) is 57.0 Å². The van der Waals surface area contributed by atoms with E-state index in [1.165, 1.54) is 11.3 Å². The van der Waals surface area contributed by atoms with Crippen molar-refractivity contribution in [2.24, 2.45) is 0 Å². The zero-order valence-electron chi connectivity index (χ0n) is 24.2. The quantitative estimate of drug-likeness (QED) is 0.228. The highest BCUT2D eigenvalue weighted by atomic mass is 32.1. The molecule has 2 amide bonds. The van der Waals surface area contributed by atoms with Crippen molar-refractivity contribution >= 4 is 40.1 Å². The summed E-state index contributed by atoms with van der Waals surface area (Å²) in [6, 6.07) is 13.4. The number of aromatic nitrogens is 4. The summed E-state index contributed by atoms with van der Waals surface area (Å²) in [4.78, 5) is 37.4. The van der Waals surface area contributed by atoms with Gasteiger partial charge in [-0.1, -0.05) is 12.1 Å². The Morgan fingerprint density at radius 3 is 2.79 bits per heavy atom. The van der Waals surface area contributed by atoms with Crippen LogP contribution in [0.4, 0.5) is 5.95 Å². The molecule has 43 heavy (non-hydrogen) atoms. The number of aromatic amines is 1. The number of nitrogens with one attached hydrogen (secondary N) is 2. The molecule has 0 bridgehead atoms. The lowest BCUT2D eigenvalue weighted by Crippen LogP contribution is -2.49. The number of fused-ring (bicyclic) bond motifs is 1. The molecule has 6 rings (SSSR count). The summed E-state index contributed by atoms with van der Waals surface area (Å²) in [5, 5.41) is 19.8. The fraction of sp³-hybridized carbons (Fsp3) is 0.387. The molecular weight excluding hydrogens is 564 g/mol. The van der Waals surface area contributed by atoms with Crippen LogP contribution in [0.5, 0.6) is 0 Å². The molecule has 2 fully saturated rings. The minimum atomic E-state index is -0.461. The van der Waals surface area contributed by atoms with Gasteiger partial charge in [0.2, 0.25) is 5.95 Å². The fourth-order valence-corrected chi connectivity index (χ4v) is 6.79. The maximum absolute atomic E-state index is 13.8. The number of nitrogens with zero attached hydrogens (tertiary/aromatic N) is 6. The Balaban J connectivity index is 1.24. The summed E-state index contributed by atoms with van der Waals surface area (Å²) < 4.78 is 7.46. The number of amides is 2. The summed E-state index contributed by atoms with van der Waals surface area (Å²) in [7, 11) is 0. The van der Waals surface area contributed by atoms with E-state index in [9.17, 15) is 14.9 Å². The second-order valence-electron chi connectivity index (χ2n) is 11.4. The van der Waals surface area contributed by atoms with Crippen LogP contribution in [-0.2, 0) is 16.1 Å². The van der Waals surface area contributed by atoms with Gasteiger partial charge in [-0.15, -0.1) is 11.3 Å². The Morgan fingerprint density at radius 1 is 1.21 bits per heavy atom. The van der Waals surface area contributed by atoms with E-state index in [1.807, 2.05) is 48.7 Å². The number of carbonyl (C=O) groups excluding carboxylic acids is 2. The topological polar surface area (TPSA) is 132 Å². The predicted molar refractivity (Wildman–Crippen MR) is 164 cm³/mol. The van der Waals surface area contributed by atoms with Crippen LogP contribution in [0.2, 0.25) is 0 Å². The van der Waals surface area contributed by atoms with Crippen molar-refractivity contribution in [3.8, 4) is 16.5 Å². The number of rotatable bonds is 8. The fourth-order valence-electron chi connectivity index (χ4n) is 5.90. The number of morpholine rings is 1. The average molecular weight is 599 g/mol. The predicted octanol–water partition coefficient (Wildman–Crippen LogP) is 4.29. The number of H-pyrrole nitrogens is 1. The van der Waals surface area contributed by atoms with Crippen molar-refractivity contribution in [2.75, 3.05) is 38.2 Å². The minimum absolute atomic E-state index is 0.151. The molecular formula is C31H34N8O3S. The van der Waals surface area contributed by atoms with Gasteiger partial charge in [0.1, 0.15) is 11.6 Å². The molecule has 11 nitrogen and oxygen atoms in total. The molecule has 0 radical (unpaired) electrons. The number of likely N-dealkylation sites (tertiary alicyclic amines) is 1. The first-order valence-electron chi connectivity index (χ1n) is 14.5. The summed E-state index contributed by atoms with van der Waals surface area (Å²) in [5.41, 5.74) is 2.23. The lowest BCUT2D eigenvalue weighted by Gasteiger charge is -2.39. The Bertz CT molecular complexity index is 1690. The molecule has 4 aromatic rings. The highest BCUT2D eigenvalue weighted by molar-refractivity contribution is 7.17. The first-order valence-corrected chi connectivity index (χ1v) is 15.3. The van der Waals surface area contributed by atoms with Gasteiger partial charge in [0, 0.05) is 48.4 Å². The van der Waals surface area contributed by atoms with E-state index >= 15 is 0 Å². The average Bonchev–Trinajstić information content (AvgIpc) is 3.84. The smallest absolute Gasteiger partial charge is 0.268 e. The lowest BCUT2D eigenvalue weighted by atomic mass is 9.97. The Labute approximate surface area is 253 Å². The third-order valence-corrected chi connectivity index (χ3v) is 9.33. The number of imidazole rings is 1. The molecule has 3 aromatic heterocycles. The molecule has 2 aliphatic rings. The van der Waals surface area contributed by atoms with Gasteiger partial charge in [-0.2, -0.15) is 10.4 Å².